The van der Waals surface area contributed by atoms with Gasteiger partial charge in [-0.25, -0.2) is 19.3 Å². The number of nitrogens with zero attached hydrogens (tertiary/aromatic N) is 5. The highest BCUT2D eigenvalue weighted by Gasteiger charge is 2.20. The smallest absolute Gasteiger partial charge is 0.335 e. The molecule has 9 nitrogen and oxygen atoms in total. The Kier molecular flexibility index (Phi) is 5.92. The minimum atomic E-state index is -0.971. The summed E-state index contributed by atoms with van der Waals surface area (Å²) in [7, 11) is 1.58. The zero-order chi connectivity index (χ0) is 23.5. The van der Waals surface area contributed by atoms with Crippen LogP contribution in [0.15, 0.2) is 54.7 Å². The van der Waals surface area contributed by atoms with Gasteiger partial charge in [0.15, 0.2) is 5.65 Å². The molecular formula is C25H23N5O4. The highest BCUT2D eigenvalue weighted by Crippen LogP contribution is 2.31. The van der Waals surface area contributed by atoms with Gasteiger partial charge in [0.25, 0.3) is 0 Å². The summed E-state index contributed by atoms with van der Waals surface area (Å²) in [6, 6.07) is 14.2. The number of aromatic carboxylic acids is 1. The Hall–Kier alpha value is -4.24. The van der Waals surface area contributed by atoms with Crippen LogP contribution < -0.4 is 9.64 Å². The van der Waals surface area contributed by atoms with Crippen LogP contribution in [0.4, 0.5) is 5.69 Å². The van der Waals surface area contributed by atoms with Gasteiger partial charge in [0, 0.05) is 24.7 Å². The van der Waals surface area contributed by atoms with E-state index in [9.17, 15) is 9.90 Å². The van der Waals surface area contributed by atoms with Crippen molar-refractivity contribution < 1.29 is 19.4 Å². The summed E-state index contributed by atoms with van der Waals surface area (Å²) < 4.78 is 12.5. The Labute approximate surface area is 195 Å². The monoisotopic (exact) mass is 457 g/mol. The predicted molar refractivity (Wildman–Crippen MR) is 128 cm³/mol. The number of benzene rings is 1. The Morgan fingerprint density at radius 1 is 1.06 bits per heavy atom. The van der Waals surface area contributed by atoms with E-state index in [0.717, 1.165) is 41.4 Å². The van der Waals surface area contributed by atoms with Crippen molar-refractivity contribution >= 4 is 29.5 Å². The summed E-state index contributed by atoms with van der Waals surface area (Å²) in [4.78, 5) is 22.9. The van der Waals surface area contributed by atoms with Crippen molar-refractivity contribution in [3.8, 4) is 17.1 Å². The van der Waals surface area contributed by atoms with Gasteiger partial charge in [0.1, 0.15) is 5.69 Å². The number of hydrogen-bond acceptors (Lipinski definition) is 7. The molecule has 1 fully saturated rings. The average molecular weight is 457 g/mol. The number of carboxylic acid groups (broad SMARTS) is 1. The maximum atomic E-state index is 11.3. The lowest BCUT2D eigenvalue weighted by Crippen LogP contribution is -2.36. The summed E-state index contributed by atoms with van der Waals surface area (Å²) >= 11 is 0. The first-order valence-corrected chi connectivity index (χ1v) is 10.9. The van der Waals surface area contributed by atoms with Crippen LogP contribution in [0, 0.1) is 0 Å². The number of ether oxygens (including phenoxy) is 2. The topological polar surface area (TPSA) is 102 Å². The number of carbonyl (C=O) groups is 1. The summed E-state index contributed by atoms with van der Waals surface area (Å²) in [6.07, 6.45) is 5.51. The lowest BCUT2D eigenvalue weighted by Gasteiger charge is -2.28. The first-order chi connectivity index (χ1) is 16.6. The number of carboxylic acids is 1. The minimum absolute atomic E-state index is 0.220. The van der Waals surface area contributed by atoms with Gasteiger partial charge in [-0.1, -0.05) is 18.2 Å². The van der Waals surface area contributed by atoms with E-state index in [1.165, 1.54) is 0 Å². The fourth-order valence-corrected chi connectivity index (χ4v) is 3.96. The molecule has 0 radical (unpaired) electrons. The maximum Gasteiger partial charge on any atom is 0.335 e. The van der Waals surface area contributed by atoms with Crippen LogP contribution in [0.3, 0.4) is 0 Å². The third kappa shape index (κ3) is 4.20. The normalized spacial score (nSPS) is 14.1. The standard InChI is InChI=1S/C25H23N5O4/c1-33-22-4-2-3-19(27-22)9-10-20-23(17-5-7-18(8-6-17)25(31)32)30-24(28-20)21(11-12-26-30)29-13-15-34-16-14-29/h2-12H,13-16H2,1H3,(H,31,32)/b10-9+. The number of fused-ring (bicyclic) bond motifs is 1. The third-order valence-electron chi connectivity index (χ3n) is 5.65. The Morgan fingerprint density at radius 2 is 1.85 bits per heavy atom. The van der Waals surface area contributed by atoms with Gasteiger partial charge in [-0.3, -0.25) is 0 Å². The second-order valence-corrected chi connectivity index (χ2v) is 7.72. The Morgan fingerprint density at radius 3 is 2.59 bits per heavy atom. The first-order valence-electron chi connectivity index (χ1n) is 10.9. The molecule has 3 aromatic heterocycles. The first kappa shape index (κ1) is 21.6. The molecule has 1 saturated heterocycles. The number of imidazole rings is 1. The van der Waals surface area contributed by atoms with E-state index < -0.39 is 5.97 Å². The van der Waals surface area contributed by atoms with E-state index in [2.05, 4.69) is 15.0 Å². The Balaban J connectivity index is 1.65. The molecule has 0 aliphatic carbocycles. The number of pyridine rings is 1. The van der Waals surface area contributed by atoms with Gasteiger partial charge in [-0.05, 0) is 36.4 Å². The van der Waals surface area contributed by atoms with Crippen molar-refractivity contribution in [2.24, 2.45) is 0 Å². The van der Waals surface area contributed by atoms with E-state index in [-0.39, 0.29) is 5.56 Å². The lowest BCUT2D eigenvalue weighted by molar-refractivity contribution is 0.0697. The Bertz CT molecular complexity index is 1360. The summed E-state index contributed by atoms with van der Waals surface area (Å²) in [6.45, 7) is 2.86. The second kappa shape index (κ2) is 9.32. The maximum absolute atomic E-state index is 11.3. The molecule has 0 unspecified atom stereocenters. The number of rotatable bonds is 6. The van der Waals surface area contributed by atoms with Gasteiger partial charge in [-0.15, -0.1) is 0 Å². The molecule has 0 bridgehead atoms. The third-order valence-corrected chi connectivity index (χ3v) is 5.65. The van der Waals surface area contributed by atoms with Crippen LogP contribution in [-0.2, 0) is 4.74 Å². The molecule has 172 valence electrons. The van der Waals surface area contributed by atoms with Gasteiger partial charge >= 0.3 is 5.97 Å². The van der Waals surface area contributed by atoms with E-state index in [1.807, 2.05) is 30.4 Å². The van der Waals surface area contributed by atoms with Crippen molar-refractivity contribution in [2.75, 3.05) is 38.3 Å². The predicted octanol–water partition coefficient (Wildman–Crippen LogP) is 3.51. The lowest BCUT2D eigenvalue weighted by atomic mass is 10.1. The van der Waals surface area contributed by atoms with Gasteiger partial charge in [0.2, 0.25) is 5.88 Å². The highest BCUT2D eigenvalue weighted by molar-refractivity contribution is 5.89. The molecule has 1 aromatic carbocycles. The summed E-state index contributed by atoms with van der Waals surface area (Å²) in [5.41, 5.74) is 4.91. The van der Waals surface area contributed by atoms with Gasteiger partial charge in [-0.2, -0.15) is 5.10 Å². The van der Waals surface area contributed by atoms with Crippen molar-refractivity contribution in [1.29, 1.82) is 0 Å². The van der Waals surface area contributed by atoms with Gasteiger partial charge < -0.3 is 19.5 Å². The van der Waals surface area contributed by atoms with Crippen LogP contribution in [0.25, 0.3) is 29.1 Å². The zero-order valence-electron chi connectivity index (χ0n) is 18.6. The molecule has 1 N–H and O–H groups in total. The van der Waals surface area contributed by atoms with Crippen molar-refractivity contribution in [2.45, 2.75) is 0 Å². The van der Waals surface area contributed by atoms with E-state index in [0.29, 0.717) is 24.8 Å². The number of aromatic nitrogens is 4. The molecule has 4 aromatic rings. The molecule has 34 heavy (non-hydrogen) atoms. The SMILES string of the molecule is COc1cccc(/C=C/c2nc3c(N4CCOCC4)ccnn3c2-c2ccc(C(=O)O)cc2)n1. The quantitative estimate of drug-likeness (QED) is 0.469. The molecule has 0 amide bonds. The summed E-state index contributed by atoms with van der Waals surface area (Å²) in [5.74, 6) is -0.445. The van der Waals surface area contributed by atoms with E-state index in [1.54, 1.807) is 48.2 Å². The number of methoxy groups -OCH3 is 1. The van der Waals surface area contributed by atoms with E-state index in [4.69, 9.17) is 14.5 Å². The van der Waals surface area contributed by atoms with Crippen molar-refractivity contribution in [3.63, 3.8) is 0 Å². The molecule has 1 aliphatic rings. The zero-order valence-corrected chi connectivity index (χ0v) is 18.6. The summed E-state index contributed by atoms with van der Waals surface area (Å²) in [5, 5.41) is 13.9. The van der Waals surface area contributed by atoms with Crippen LogP contribution in [0.5, 0.6) is 5.88 Å². The molecule has 0 spiro atoms. The minimum Gasteiger partial charge on any atom is -0.481 e. The number of hydrogen-bond donors (Lipinski definition) is 1. The largest absolute Gasteiger partial charge is 0.481 e. The second-order valence-electron chi connectivity index (χ2n) is 7.72. The molecule has 4 heterocycles. The molecule has 5 rings (SSSR count). The van der Waals surface area contributed by atoms with E-state index >= 15 is 0 Å². The number of anilines is 1. The van der Waals surface area contributed by atoms with Crippen LogP contribution in [-0.4, -0.2) is 64.1 Å². The molecule has 1 aliphatic heterocycles. The molecule has 0 saturated carbocycles. The fraction of sp³-hybridized carbons (Fsp3) is 0.200. The van der Waals surface area contributed by atoms with Crippen molar-refractivity contribution in [3.05, 3.63) is 71.7 Å². The van der Waals surface area contributed by atoms with Crippen molar-refractivity contribution in [1.82, 2.24) is 19.6 Å². The van der Waals surface area contributed by atoms with Crippen LogP contribution >= 0.6 is 0 Å². The fourth-order valence-electron chi connectivity index (χ4n) is 3.96. The number of morpholine rings is 1. The molecule has 0 atom stereocenters. The molecular weight excluding hydrogens is 434 g/mol. The van der Waals surface area contributed by atoms with Crippen LogP contribution in [0.2, 0.25) is 0 Å². The molecule has 9 heteroatoms. The van der Waals surface area contributed by atoms with Crippen LogP contribution in [0.1, 0.15) is 21.7 Å². The average Bonchev–Trinajstić information content (AvgIpc) is 3.26. The highest BCUT2D eigenvalue weighted by atomic mass is 16.5. The van der Waals surface area contributed by atoms with Gasteiger partial charge in [0.05, 0.1) is 49.2 Å².